The first kappa shape index (κ1) is 9.06. The van der Waals surface area contributed by atoms with Crippen LogP contribution in [0.4, 0.5) is 0 Å². The number of nitrogens with two attached hydrogens (primary N) is 1. The third kappa shape index (κ3) is 1.68. The molecule has 4 nitrogen and oxygen atoms in total. The molecule has 0 spiro atoms. The lowest BCUT2D eigenvalue weighted by Gasteiger charge is -2.03. The number of hydrogen-bond donors (Lipinski definition) is 2. The second-order valence-electron chi connectivity index (χ2n) is 3.88. The van der Waals surface area contributed by atoms with Gasteiger partial charge in [0.05, 0.1) is 10.9 Å². The number of hydrogen-bond acceptors (Lipinski definition) is 4. The second-order valence-corrected chi connectivity index (χ2v) is 4.83. The van der Waals surface area contributed by atoms with Gasteiger partial charge in [-0.1, -0.05) is 6.07 Å². The summed E-state index contributed by atoms with van der Waals surface area (Å²) in [5.74, 6) is 2.19. The van der Waals surface area contributed by atoms with Crippen LogP contribution in [0, 0.1) is 5.92 Å². The molecule has 1 saturated carbocycles. The molecule has 1 aliphatic carbocycles. The van der Waals surface area contributed by atoms with Crippen molar-refractivity contribution in [1.82, 2.24) is 15.2 Å². The van der Waals surface area contributed by atoms with Crippen LogP contribution in [0.3, 0.4) is 0 Å². The van der Waals surface area contributed by atoms with Gasteiger partial charge in [0.25, 0.3) is 0 Å². The van der Waals surface area contributed by atoms with Gasteiger partial charge in [0.2, 0.25) is 0 Å². The smallest absolute Gasteiger partial charge is 0.191 e. The molecule has 5 heteroatoms. The molecule has 78 valence electrons. The molecule has 15 heavy (non-hydrogen) atoms. The molecule has 3 N–H and O–H groups in total. The van der Waals surface area contributed by atoms with Crippen LogP contribution in [-0.2, 0) is 0 Å². The number of nitrogens with zero attached hydrogens (tertiary/aromatic N) is 2. The van der Waals surface area contributed by atoms with Gasteiger partial charge in [-0.2, -0.15) is 5.10 Å². The summed E-state index contributed by atoms with van der Waals surface area (Å²) >= 11 is 1.64. The molecule has 1 atom stereocenters. The molecule has 0 radical (unpaired) electrons. The standard InChI is InChI=1S/C10H12N4S/c11-8(6-3-4-6)10-12-9(13-14-10)7-2-1-5-15-7/h1-2,5-6,8H,3-4,11H2,(H,12,13,14). The molecule has 0 saturated heterocycles. The minimum absolute atomic E-state index is 0.0335. The lowest BCUT2D eigenvalue weighted by molar-refractivity contribution is 0.596. The summed E-state index contributed by atoms with van der Waals surface area (Å²) < 4.78 is 0. The molecule has 3 rings (SSSR count). The van der Waals surface area contributed by atoms with Crippen molar-refractivity contribution in [3.05, 3.63) is 23.3 Å². The Kier molecular flexibility index (Phi) is 2.07. The highest BCUT2D eigenvalue weighted by Gasteiger charge is 2.31. The summed E-state index contributed by atoms with van der Waals surface area (Å²) in [7, 11) is 0. The summed E-state index contributed by atoms with van der Waals surface area (Å²) in [5.41, 5.74) is 6.04. The van der Waals surface area contributed by atoms with Gasteiger partial charge in [0.1, 0.15) is 5.82 Å². The van der Waals surface area contributed by atoms with Crippen molar-refractivity contribution in [3.8, 4) is 10.7 Å². The van der Waals surface area contributed by atoms with Crippen LogP contribution in [0.25, 0.3) is 10.7 Å². The normalized spacial score (nSPS) is 17.9. The van der Waals surface area contributed by atoms with Crippen LogP contribution in [0.5, 0.6) is 0 Å². The molecule has 0 aromatic carbocycles. The maximum absolute atomic E-state index is 6.04. The molecular formula is C10H12N4S. The number of thiophene rings is 1. The van der Waals surface area contributed by atoms with Crippen LogP contribution >= 0.6 is 11.3 Å². The number of aromatic nitrogens is 3. The minimum atomic E-state index is 0.0335. The van der Waals surface area contributed by atoms with E-state index in [0.29, 0.717) is 5.92 Å². The van der Waals surface area contributed by atoms with Crippen molar-refractivity contribution in [2.75, 3.05) is 0 Å². The number of rotatable bonds is 3. The molecule has 1 aliphatic rings. The Hall–Kier alpha value is -1.20. The Morgan fingerprint density at radius 2 is 2.40 bits per heavy atom. The zero-order valence-corrected chi connectivity index (χ0v) is 9.00. The van der Waals surface area contributed by atoms with Gasteiger partial charge in [-0.3, -0.25) is 5.10 Å². The highest BCUT2D eigenvalue weighted by molar-refractivity contribution is 7.13. The van der Waals surface area contributed by atoms with Crippen molar-refractivity contribution >= 4 is 11.3 Å². The van der Waals surface area contributed by atoms with Crippen LogP contribution < -0.4 is 5.73 Å². The van der Waals surface area contributed by atoms with E-state index in [-0.39, 0.29) is 6.04 Å². The average molecular weight is 220 g/mol. The molecule has 2 aromatic rings. The number of nitrogens with one attached hydrogen (secondary N) is 1. The van der Waals surface area contributed by atoms with Gasteiger partial charge >= 0.3 is 0 Å². The van der Waals surface area contributed by atoms with Gasteiger partial charge in [0, 0.05) is 0 Å². The molecule has 2 heterocycles. The Labute approximate surface area is 91.5 Å². The summed E-state index contributed by atoms with van der Waals surface area (Å²) in [4.78, 5) is 5.52. The molecular weight excluding hydrogens is 208 g/mol. The van der Waals surface area contributed by atoms with E-state index < -0.39 is 0 Å². The quantitative estimate of drug-likeness (QED) is 0.830. The van der Waals surface area contributed by atoms with Crippen molar-refractivity contribution < 1.29 is 0 Å². The fraction of sp³-hybridized carbons (Fsp3) is 0.400. The summed E-state index contributed by atoms with van der Waals surface area (Å²) in [6, 6.07) is 4.04. The maximum Gasteiger partial charge on any atom is 0.191 e. The maximum atomic E-state index is 6.04. The Balaban J connectivity index is 1.87. The SMILES string of the molecule is NC(c1nc(-c2cccs2)n[nH]1)C1CC1. The van der Waals surface area contributed by atoms with Crippen LogP contribution in [0.1, 0.15) is 24.7 Å². The van der Waals surface area contributed by atoms with Crippen LogP contribution in [0.2, 0.25) is 0 Å². The van der Waals surface area contributed by atoms with E-state index in [2.05, 4.69) is 15.2 Å². The zero-order chi connectivity index (χ0) is 10.3. The fourth-order valence-corrected chi connectivity index (χ4v) is 2.28. The van der Waals surface area contributed by atoms with Gasteiger partial charge in [0.15, 0.2) is 5.82 Å². The molecule has 0 bridgehead atoms. The van der Waals surface area contributed by atoms with E-state index in [0.717, 1.165) is 16.5 Å². The van der Waals surface area contributed by atoms with E-state index in [1.165, 1.54) is 12.8 Å². The minimum Gasteiger partial charge on any atom is -0.321 e. The zero-order valence-electron chi connectivity index (χ0n) is 8.18. The largest absolute Gasteiger partial charge is 0.321 e. The monoisotopic (exact) mass is 220 g/mol. The first-order valence-corrected chi connectivity index (χ1v) is 5.94. The summed E-state index contributed by atoms with van der Waals surface area (Å²) in [6.45, 7) is 0. The topological polar surface area (TPSA) is 67.6 Å². The molecule has 1 fully saturated rings. The van der Waals surface area contributed by atoms with Crippen molar-refractivity contribution in [2.45, 2.75) is 18.9 Å². The van der Waals surface area contributed by atoms with Crippen molar-refractivity contribution in [2.24, 2.45) is 11.7 Å². The van der Waals surface area contributed by atoms with E-state index >= 15 is 0 Å². The lowest BCUT2D eigenvalue weighted by Crippen LogP contribution is -2.14. The Bertz CT molecular complexity index is 444. The Morgan fingerprint density at radius 3 is 3.07 bits per heavy atom. The lowest BCUT2D eigenvalue weighted by atomic mass is 10.2. The number of aromatic amines is 1. The summed E-state index contributed by atoms with van der Waals surface area (Å²) in [6.07, 6.45) is 2.44. The Morgan fingerprint density at radius 1 is 1.53 bits per heavy atom. The van der Waals surface area contributed by atoms with E-state index in [4.69, 9.17) is 5.73 Å². The molecule has 0 amide bonds. The second kappa shape index (κ2) is 3.43. The first-order chi connectivity index (χ1) is 7.34. The van der Waals surface area contributed by atoms with Crippen molar-refractivity contribution in [3.63, 3.8) is 0 Å². The fourth-order valence-electron chi connectivity index (χ4n) is 1.62. The van der Waals surface area contributed by atoms with E-state index in [9.17, 15) is 0 Å². The number of H-pyrrole nitrogens is 1. The molecule has 0 aliphatic heterocycles. The van der Waals surface area contributed by atoms with Crippen molar-refractivity contribution in [1.29, 1.82) is 0 Å². The molecule has 2 aromatic heterocycles. The van der Waals surface area contributed by atoms with E-state index in [1.54, 1.807) is 11.3 Å². The van der Waals surface area contributed by atoms with Gasteiger partial charge in [-0.15, -0.1) is 11.3 Å². The van der Waals surface area contributed by atoms with Gasteiger partial charge < -0.3 is 5.73 Å². The molecule has 1 unspecified atom stereocenters. The highest BCUT2D eigenvalue weighted by atomic mass is 32.1. The van der Waals surface area contributed by atoms with Crippen LogP contribution in [-0.4, -0.2) is 15.2 Å². The predicted octanol–water partition coefficient (Wildman–Crippen LogP) is 1.94. The van der Waals surface area contributed by atoms with Gasteiger partial charge in [-0.25, -0.2) is 4.98 Å². The van der Waals surface area contributed by atoms with Crippen LogP contribution in [0.15, 0.2) is 17.5 Å². The average Bonchev–Trinajstić information content (AvgIpc) is 2.80. The predicted molar refractivity (Wildman–Crippen MR) is 59.3 cm³/mol. The first-order valence-electron chi connectivity index (χ1n) is 5.06. The van der Waals surface area contributed by atoms with E-state index in [1.807, 2.05) is 17.5 Å². The summed E-state index contributed by atoms with van der Waals surface area (Å²) in [5, 5.41) is 9.14. The van der Waals surface area contributed by atoms with Gasteiger partial charge in [-0.05, 0) is 30.2 Å². The highest BCUT2D eigenvalue weighted by Crippen LogP contribution is 2.38. The third-order valence-corrected chi connectivity index (χ3v) is 3.56. The third-order valence-electron chi connectivity index (χ3n) is 2.69.